The lowest BCUT2D eigenvalue weighted by Gasteiger charge is -2.08. The average molecular weight is 244 g/mol. The summed E-state index contributed by atoms with van der Waals surface area (Å²) in [5.41, 5.74) is 7.90. The molecule has 0 amide bonds. The molecule has 6 nitrogen and oxygen atoms in total. The van der Waals surface area contributed by atoms with Gasteiger partial charge in [-0.2, -0.15) is 15.0 Å². The molecule has 0 fully saturated rings. The van der Waals surface area contributed by atoms with E-state index in [1.165, 1.54) is 0 Å². The number of nitrogen functional groups attached to an aromatic ring is 1. The fraction of sp³-hybridized carbons (Fsp3) is 0.333. The van der Waals surface area contributed by atoms with E-state index in [1.807, 2.05) is 26.1 Å². The highest BCUT2D eigenvalue weighted by Crippen LogP contribution is 2.09. The van der Waals surface area contributed by atoms with E-state index < -0.39 is 0 Å². The third kappa shape index (κ3) is 2.91. The Morgan fingerprint density at radius 2 is 2.11 bits per heavy atom. The van der Waals surface area contributed by atoms with E-state index >= 15 is 0 Å². The average Bonchev–Trinajstić information content (AvgIpc) is 2.37. The SMILES string of the molecule is CCc1nc(N)nc(NCc2ccncc2C)n1. The molecule has 3 N–H and O–H groups in total. The van der Waals surface area contributed by atoms with Gasteiger partial charge in [0.15, 0.2) is 0 Å². The molecule has 0 unspecified atom stereocenters. The maximum atomic E-state index is 5.62. The van der Waals surface area contributed by atoms with Crippen molar-refractivity contribution in [2.75, 3.05) is 11.1 Å². The van der Waals surface area contributed by atoms with Crippen LogP contribution in [0.15, 0.2) is 18.5 Å². The Hall–Kier alpha value is -2.24. The summed E-state index contributed by atoms with van der Waals surface area (Å²) in [5, 5.41) is 3.15. The number of anilines is 2. The first-order chi connectivity index (χ1) is 8.69. The predicted octanol–water partition coefficient (Wildman–Crippen LogP) is 1.33. The van der Waals surface area contributed by atoms with Crippen LogP contribution >= 0.6 is 0 Å². The largest absolute Gasteiger partial charge is 0.368 e. The van der Waals surface area contributed by atoms with E-state index in [0.717, 1.165) is 17.5 Å². The highest BCUT2D eigenvalue weighted by atomic mass is 15.2. The zero-order valence-corrected chi connectivity index (χ0v) is 10.5. The number of rotatable bonds is 4. The molecule has 0 saturated heterocycles. The van der Waals surface area contributed by atoms with E-state index in [-0.39, 0.29) is 5.95 Å². The van der Waals surface area contributed by atoms with Gasteiger partial charge in [-0.3, -0.25) is 4.98 Å². The third-order valence-electron chi connectivity index (χ3n) is 2.59. The van der Waals surface area contributed by atoms with Gasteiger partial charge in [0.2, 0.25) is 11.9 Å². The van der Waals surface area contributed by atoms with Crippen molar-refractivity contribution >= 4 is 11.9 Å². The third-order valence-corrected chi connectivity index (χ3v) is 2.59. The van der Waals surface area contributed by atoms with Crippen molar-refractivity contribution in [2.45, 2.75) is 26.8 Å². The smallest absolute Gasteiger partial charge is 0.228 e. The van der Waals surface area contributed by atoms with Gasteiger partial charge >= 0.3 is 0 Å². The molecule has 0 saturated carbocycles. The van der Waals surface area contributed by atoms with E-state index in [4.69, 9.17) is 5.73 Å². The van der Waals surface area contributed by atoms with Crippen molar-refractivity contribution in [3.63, 3.8) is 0 Å². The molecule has 94 valence electrons. The summed E-state index contributed by atoms with van der Waals surface area (Å²) in [6, 6.07) is 1.97. The summed E-state index contributed by atoms with van der Waals surface area (Å²) in [6.07, 6.45) is 4.33. The lowest BCUT2D eigenvalue weighted by molar-refractivity contribution is 0.897. The summed E-state index contributed by atoms with van der Waals surface area (Å²) in [7, 11) is 0. The predicted molar refractivity (Wildman–Crippen MR) is 69.9 cm³/mol. The number of pyridine rings is 1. The van der Waals surface area contributed by atoms with Gasteiger partial charge in [0, 0.05) is 25.4 Å². The minimum Gasteiger partial charge on any atom is -0.368 e. The summed E-state index contributed by atoms with van der Waals surface area (Å²) in [6.45, 7) is 4.63. The molecule has 0 atom stereocenters. The molecule has 2 rings (SSSR count). The Balaban J connectivity index is 2.11. The second kappa shape index (κ2) is 5.39. The lowest BCUT2D eigenvalue weighted by Crippen LogP contribution is -2.10. The standard InChI is InChI=1S/C12H16N6/c1-3-10-16-11(13)18-12(17-10)15-7-9-4-5-14-6-8(9)2/h4-6H,3,7H2,1-2H3,(H3,13,15,16,17,18). The molecule has 0 aliphatic carbocycles. The van der Waals surface area contributed by atoms with E-state index in [1.54, 1.807) is 6.20 Å². The minimum absolute atomic E-state index is 0.246. The molecule has 0 aromatic carbocycles. The molecule has 18 heavy (non-hydrogen) atoms. The van der Waals surface area contributed by atoms with Crippen LogP contribution in [0, 0.1) is 6.92 Å². The van der Waals surface area contributed by atoms with Gasteiger partial charge in [0.25, 0.3) is 0 Å². The Bertz CT molecular complexity index is 540. The summed E-state index contributed by atoms with van der Waals surface area (Å²) >= 11 is 0. The van der Waals surface area contributed by atoms with Crippen molar-refractivity contribution in [3.8, 4) is 0 Å². The maximum Gasteiger partial charge on any atom is 0.228 e. The fourth-order valence-corrected chi connectivity index (χ4v) is 1.55. The van der Waals surface area contributed by atoms with Crippen molar-refractivity contribution in [1.29, 1.82) is 0 Å². The normalized spacial score (nSPS) is 10.3. The summed E-state index contributed by atoms with van der Waals surface area (Å²) in [4.78, 5) is 16.4. The molecule has 0 aliphatic heterocycles. The van der Waals surface area contributed by atoms with Gasteiger partial charge < -0.3 is 11.1 Å². The van der Waals surface area contributed by atoms with E-state index in [9.17, 15) is 0 Å². The van der Waals surface area contributed by atoms with Crippen molar-refractivity contribution < 1.29 is 0 Å². The van der Waals surface area contributed by atoms with Crippen LogP contribution < -0.4 is 11.1 Å². The van der Waals surface area contributed by atoms with Crippen molar-refractivity contribution in [3.05, 3.63) is 35.4 Å². The molecule has 6 heteroatoms. The summed E-state index contributed by atoms with van der Waals surface area (Å²) < 4.78 is 0. The first kappa shape index (κ1) is 12.2. The molecule has 2 aromatic heterocycles. The minimum atomic E-state index is 0.246. The Morgan fingerprint density at radius 3 is 2.83 bits per heavy atom. The Labute approximate surface area is 106 Å². The highest BCUT2D eigenvalue weighted by Gasteiger charge is 2.03. The lowest BCUT2D eigenvalue weighted by atomic mass is 10.1. The molecule has 2 aromatic rings. The zero-order chi connectivity index (χ0) is 13.0. The second-order valence-electron chi connectivity index (χ2n) is 3.94. The number of nitrogens with one attached hydrogen (secondary N) is 1. The molecule has 0 bridgehead atoms. The van der Waals surface area contributed by atoms with Gasteiger partial charge in [0.1, 0.15) is 5.82 Å². The van der Waals surface area contributed by atoms with Crippen LogP contribution in [0.3, 0.4) is 0 Å². The van der Waals surface area contributed by atoms with Gasteiger partial charge in [-0.15, -0.1) is 0 Å². The van der Waals surface area contributed by atoms with Crippen LogP contribution in [0.4, 0.5) is 11.9 Å². The first-order valence-corrected chi connectivity index (χ1v) is 5.83. The van der Waals surface area contributed by atoms with Gasteiger partial charge in [-0.05, 0) is 24.1 Å². The Kier molecular flexibility index (Phi) is 3.66. The van der Waals surface area contributed by atoms with Crippen LogP contribution in [0.2, 0.25) is 0 Å². The number of aryl methyl sites for hydroxylation is 2. The molecular formula is C12H16N6. The molecular weight excluding hydrogens is 228 g/mol. The topological polar surface area (TPSA) is 89.6 Å². The molecule has 0 aliphatic rings. The number of nitrogens with zero attached hydrogens (tertiary/aromatic N) is 4. The number of hydrogen-bond donors (Lipinski definition) is 2. The molecule has 2 heterocycles. The van der Waals surface area contributed by atoms with Crippen LogP contribution in [0.5, 0.6) is 0 Å². The van der Waals surface area contributed by atoms with Crippen LogP contribution in [-0.4, -0.2) is 19.9 Å². The van der Waals surface area contributed by atoms with Gasteiger partial charge in [0.05, 0.1) is 0 Å². The monoisotopic (exact) mass is 244 g/mol. The van der Waals surface area contributed by atoms with E-state index in [0.29, 0.717) is 18.3 Å². The highest BCUT2D eigenvalue weighted by molar-refractivity contribution is 5.33. The van der Waals surface area contributed by atoms with Crippen LogP contribution in [0.25, 0.3) is 0 Å². The zero-order valence-electron chi connectivity index (χ0n) is 10.5. The van der Waals surface area contributed by atoms with Crippen LogP contribution in [0.1, 0.15) is 23.9 Å². The molecule has 0 spiro atoms. The first-order valence-electron chi connectivity index (χ1n) is 5.83. The second-order valence-corrected chi connectivity index (χ2v) is 3.94. The quantitative estimate of drug-likeness (QED) is 0.843. The maximum absolute atomic E-state index is 5.62. The Morgan fingerprint density at radius 1 is 1.28 bits per heavy atom. The number of hydrogen-bond acceptors (Lipinski definition) is 6. The van der Waals surface area contributed by atoms with Crippen molar-refractivity contribution in [1.82, 2.24) is 19.9 Å². The molecule has 0 radical (unpaired) electrons. The van der Waals surface area contributed by atoms with E-state index in [2.05, 4.69) is 25.3 Å². The number of aromatic nitrogens is 4. The van der Waals surface area contributed by atoms with Gasteiger partial charge in [-0.1, -0.05) is 6.92 Å². The fourth-order valence-electron chi connectivity index (χ4n) is 1.55. The summed E-state index contributed by atoms with van der Waals surface area (Å²) in [5.74, 6) is 1.45. The number of nitrogens with two attached hydrogens (primary N) is 1. The van der Waals surface area contributed by atoms with Gasteiger partial charge in [-0.25, -0.2) is 0 Å². The van der Waals surface area contributed by atoms with Crippen LogP contribution in [-0.2, 0) is 13.0 Å². The van der Waals surface area contributed by atoms with Crippen molar-refractivity contribution in [2.24, 2.45) is 0 Å².